The Morgan fingerprint density at radius 2 is 1.89 bits per heavy atom. The number of benzene rings is 2. The minimum Gasteiger partial charge on any atom is -0.478 e. The maximum atomic E-state index is 13.4. The van der Waals surface area contributed by atoms with Crippen LogP contribution >= 0.6 is 0 Å². The van der Waals surface area contributed by atoms with Crippen LogP contribution in [0.4, 0.5) is 10.2 Å². The summed E-state index contributed by atoms with van der Waals surface area (Å²) >= 11 is 0. The number of fused-ring (bicyclic) bond motifs is 1. The van der Waals surface area contributed by atoms with Crippen LogP contribution in [0.3, 0.4) is 0 Å². The molecule has 1 aliphatic rings. The largest absolute Gasteiger partial charge is 0.478 e. The molecule has 1 aliphatic heterocycles. The molecule has 0 radical (unpaired) electrons. The summed E-state index contributed by atoms with van der Waals surface area (Å²) in [6.07, 6.45) is 3.31. The number of piperidine rings is 1. The van der Waals surface area contributed by atoms with Gasteiger partial charge in [-0.25, -0.2) is 19.2 Å². The van der Waals surface area contributed by atoms with Crippen molar-refractivity contribution in [2.75, 3.05) is 11.4 Å². The number of hydrogen-bond donors (Lipinski definition) is 1. The van der Waals surface area contributed by atoms with Crippen LogP contribution in [-0.2, 0) is 0 Å². The molecule has 2 aromatic carbocycles. The molecule has 1 atom stereocenters. The molecular weight excluding hydrogens is 345 g/mol. The number of carboxylic acid groups (broad SMARTS) is 1. The lowest BCUT2D eigenvalue weighted by atomic mass is 10.0. The average Bonchev–Trinajstić information content (AvgIpc) is 2.67. The zero-order chi connectivity index (χ0) is 19.0. The van der Waals surface area contributed by atoms with Gasteiger partial charge in [0.05, 0.1) is 16.6 Å². The van der Waals surface area contributed by atoms with Gasteiger partial charge in [-0.1, -0.05) is 0 Å². The maximum Gasteiger partial charge on any atom is 0.335 e. The summed E-state index contributed by atoms with van der Waals surface area (Å²) in [6, 6.07) is 11.3. The van der Waals surface area contributed by atoms with Crippen LogP contribution in [0.1, 0.15) is 36.5 Å². The molecule has 1 fully saturated rings. The first-order valence-corrected chi connectivity index (χ1v) is 9.10. The fourth-order valence-corrected chi connectivity index (χ4v) is 3.59. The summed E-state index contributed by atoms with van der Waals surface area (Å²) in [4.78, 5) is 23.1. The average molecular weight is 365 g/mol. The van der Waals surface area contributed by atoms with Crippen molar-refractivity contribution in [2.24, 2.45) is 0 Å². The van der Waals surface area contributed by atoms with Gasteiger partial charge in [0.2, 0.25) is 0 Å². The molecule has 1 aromatic heterocycles. The van der Waals surface area contributed by atoms with E-state index in [1.54, 1.807) is 24.3 Å². The second kappa shape index (κ2) is 6.95. The SMILES string of the molecule is CC1CCCCN1c1nc2cc(C(=O)O)ccc2nc1-c1ccc(F)cc1. The Morgan fingerprint density at radius 1 is 1.11 bits per heavy atom. The number of anilines is 1. The topological polar surface area (TPSA) is 66.3 Å². The minimum atomic E-state index is -0.991. The Bertz CT molecular complexity index is 1000. The van der Waals surface area contributed by atoms with Crippen molar-refractivity contribution in [2.45, 2.75) is 32.2 Å². The second-order valence-electron chi connectivity index (χ2n) is 6.95. The Morgan fingerprint density at radius 3 is 2.59 bits per heavy atom. The number of nitrogens with zero attached hydrogens (tertiary/aromatic N) is 3. The summed E-state index contributed by atoms with van der Waals surface area (Å²) in [6.45, 7) is 3.03. The second-order valence-corrected chi connectivity index (χ2v) is 6.95. The van der Waals surface area contributed by atoms with E-state index in [4.69, 9.17) is 9.97 Å². The van der Waals surface area contributed by atoms with Gasteiger partial charge in [0.25, 0.3) is 0 Å². The molecule has 4 rings (SSSR count). The van der Waals surface area contributed by atoms with Crippen LogP contribution in [0.2, 0.25) is 0 Å². The number of aromatic carboxylic acids is 1. The molecule has 27 heavy (non-hydrogen) atoms. The standard InChI is InChI=1S/C21H20FN3O2/c1-13-4-2-3-11-25(13)20-19(14-5-8-16(22)9-6-14)23-17-10-7-15(21(26)27)12-18(17)24-20/h5-10,12-13H,2-4,11H2,1H3,(H,26,27). The van der Waals surface area contributed by atoms with Crippen LogP contribution in [0.25, 0.3) is 22.3 Å². The molecule has 5 nitrogen and oxygen atoms in total. The fraction of sp³-hybridized carbons (Fsp3) is 0.286. The van der Waals surface area contributed by atoms with Crippen molar-refractivity contribution in [1.29, 1.82) is 0 Å². The minimum absolute atomic E-state index is 0.184. The van der Waals surface area contributed by atoms with Crippen LogP contribution < -0.4 is 4.90 Å². The summed E-state index contributed by atoms with van der Waals surface area (Å²) < 4.78 is 13.4. The van der Waals surface area contributed by atoms with Crippen LogP contribution in [0.5, 0.6) is 0 Å². The highest BCUT2D eigenvalue weighted by Gasteiger charge is 2.24. The van der Waals surface area contributed by atoms with Gasteiger partial charge in [-0.05, 0) is 68.7 Å². The third-order valence-corrected chi connectivity index (χ3v) is 5.09. The molecular formula is C21H20FN3O2. The first-order valence-electron chi connectivity index (χ1n) is 9.10. The molecule has 0 saturated carbocycles. The van der Waals surface area contributed by atoms with E-state index in [2.05, 4.69) is 11.8 Å². The summed E-state index contributed by atoms with van der Waals surface area (Å²) in [5.41, 5.74) is 2.84. The highest BCUT2D eigenvalue weighted by molar-refractivity contribution is 5.93. The third kappa shape index (κ3) is 3.35. The van der Waals surface area contributed by atoms with Gasteiger partial charge in [-0.2, -0.15) is 0 Å². The zero-order valence-electron chi connectivity index (χ0n) is 15.0. The fourth-order valence-electron chi connectivity index (χ4n) is 3.59. The first-order chi connectivity index (χ1) is 13.0. The van der Waals surface area contributed by atoms with Crippen molar-refractivity contribution in [3.8, 4) is 11.3 Å². The predicted octanol–water partition coefficient (Wildman–Crippen LogP) is 4.51. The smallest absolute Gasteiger partial charge is 0.335 e. The highest BCUT2D eigenvalue weighted by Crippen LogP contribution is 2.33. The van der Waals surface area contributed by atoms with Crippen molar-refractivity contribution < 1.29 is 14.3 Å². The van der Waals surface area contributed by atoms with E-state index in [-0.39, 0.29) is 11.4 Å². The first kappa shape index (κ1) is 17.4. The third-order valence-electron chi connectivity index (χ3n) is 5.09. The number of aromatic nitrogens is 2. The molecule has 0 bridgehead atoms. The van der Waals surface area contributed by atoms with Crippen LogP contribution in [-0.4, -0.2) is 33.6 Å². The Hall–Kier alpha value is -3.02. The molecule has 0 amide bonds. The Balaban J connectivity index is 1.93. The van der Waals surface area contributed by atoms with Gasteiger partial charge in [-0.15, -0.1) is 0 Å². The van der Waals surface area contributed by atoms with Gasteiger partial charge in [0.15, 0.2) is 5.82 Å². The van der Waals surface area contributed by atoms with Gasteiger partial charge in [0.1, 0.15) is 11.5 Å². The summed E-state index contributed by atoms with van der Waals surface area (Å²) in [7, 11) is 0. The van der Waals surface area contributed by atoms with Crippen molar-refractivity contribution in [1.82, 2.24) is 9.97 Å². The quantitative estimate of drug-likeness (QED) is 0.739. The molecule has 3 aromatic rings. The molecule has 138 valence electrons. The van der Waals surface area contributed by atoms with Crippen molar-refractivity contribution in [3.63, 3.8) is 0 Å². The van der Waals surface area contributed by atoms with Gasteiger partial charge in [0, 0.05) is 18.2 Å². The van der Waals surface area contributed by atoms with E-state index < -0.39 is 5.97 Å². The summed E-state index contributed by atoms with van der Waals surface area (Å²) in [5, 5.41) is 9.27. The van der Waals surface area contributed by atoms with Crippen molar-refractivity contribution in [3.05, 3.63) is 53.8 Å². The number of carboxylic acids is 1. The molecule has 0 spiro atoms. The molecule has 0 aliphatic carbocycles. The predicted molar refractivity (Wildman–Crippen MR) is 103 cm³/mol. The van der Waals surface area contributed by atoms with E-state index in [9.17, 15) is 14.3 Å². The molecule has 1 saturated heterocycles. The Kier molecular flexibility index (Phi) is 4.48. The van der Waals surface area contributed by atoms with E-state index in [0.717, 1.165) is 30.8 Å². The number of rotatable bonds is 3. The molecule has 2 heterocycles. The van der Waals surface area contributed by atoms with Crippen molar-refractivity contribution >= 4 is 22.8 Å². The van der Waals surface area contributed by atoms with Crippen LogP contribution in [0.15, 0.2) is 42.5 Å². The zero-order valence-corrected chi connectivity index (χ0v) is 15.0. The Labute approximate surface area is 156 Å². The van der Waals surface area contributed by atoms with Gasteiger partial charge >= 0.3 is 5.97 Å². The molecule has 1 unspecified atom stereocenters. The molecule has 1 N–H and O–H groups in total. The number of halogens is 1. The molecule has 6 heteroatoms. The van der Waals surface area contributed by atoms with Gasteiger partial charge < -0.3 is 10.0 Å². The summed E-state index contributed by atoms with van der Waals surface area (Å²) in [5.74, 6) is -0.565. The van der Waals surface area contributed by atoms with E-state index in [1.807, 2.05) is 0 Å². The van der Waals surface area contributed by atoms with Crippen LogP contribution in [0, 0.1) is 5.82 Å². The normalized spacial score (nSPS) is 17.3. The lowest BCUT2D eigenvalue weighted by Crippen LogP contribution is -2.38. The van der Waals surface area contributed by atoms with E-state index in [0.29, 0.717) is 22.8 Å². The van der Waals surface area contributed by atoms with E-state index >= 15 is 0 Å². The lowest BCUT2D eigenvalue weighted by Gasteiger charge is -2.35. The maximum absolute atomic E-state index is 13.4. The number of carbonyl (C=O) groups is 1. The number of hydrogen-bond acceptors (Lipinski definition) is 4. The highest BCUT2D eigenvalue weighted by atomic mass is 19.1. The van der Waals surface area contributed by atoms with E-state index in [1.165, 1.54) is 24.6 Å². The lowest BCUT2D eigenvalue weighted by molar-refractivity contribution is 0.0697. The van der Waals surface area contributed by atoms with Gasteiger partial charge in [-0.3, -0.25) is 0 Å². The monoisotopic (exact) mass is 365 g/mol.